The lowest BCUT2D eigenvalue weighted by Crippen LogP contribution is -2.25. The molecule has 2 nitrogen and oxygen atoms in total. The van der Waals surface area contributed by atoms with Crippen LogP contribution in [0.1, 0.15) is 58.8 Å². The summed E-state index contributed by atoms with van der Waals surface area (Å²) in [6.45, 7) is 5.40. The van der Waals surface area contributed by atoms with Gasteiger partial charge in [0.2, 0.25) is 0 Å². The van der Waals surface area contributed by atoms with Crippen molar-refractivity contribution >= 4 is 0 Å². The van der Waals surface area contributed by atoms with Crippen LogP contribution >= 0.6 is 0 Å². The van der Waals surface area contributed by atoms with Crippen LogP contribution in [0.25, 0.3) is 0 Å². The van der Waals surface area contributed by atoms with E-state index in [1.54, 1.807) is 0 Å². The summed E-state index contributed by atoms with van der Waals surface area (Å²) in [6, 6.07) is 0.396. The lowest BCUT2D eigenvalue weighted by Gasteiger charge is -2.15. The average molecular weight is 213 g/mol. The molecule has 0 radical (unpaired) electrons. The van der Waals surface area contributed by atoms with E-state index in [0.717, 1.165) is 6.61 Å². The fourth-order valence-corrected chi connectivity index (χ4v) is 2.13. The maximum Gasteiger partial charge on any atom is 0.0576 e. The van der Waals surface area contributed by atoms with Gasteiger partial charge in [0, 0.05) is 12.6 Å². The third-order valence-electron chi connectivity index (χ3n) is 3.44. The first-order valence-electron chi connectivity index (χ1n) is 6.57. The molecule has 1 heterocycles. The minimum atomic E-state index is 0.396. The van der Waals surface area contributed by atoms with Gasteiger partial charge in [-0.2, -0.15) is 0 Å². The molecule has 1 fully saturated rings. The fourth-order valence-electron chi connectivity index (χ4n) is 2.13. The minimum Gasteiger partial charge on any atom is -0.378 e. The molecule has 0 bridgehead atoms. The maximum atomic E-state index is 6.00. The molecule has 0 aromatic carbocycles. The molecule has 0 spiro atoms. The summed E-state index contributed by atoms with van der Waals surface area (Å²) in [5.41, 5.74) is 6.00. The standard InChI is InChI=1S/C13H27NO/c1-11(2)13(14)9-5-3-4-7-12-8-6-10-15-12/h11-13H,3-10,14H2,1-2H3. The van der Waals surface area contributed by atoms with Crippen LogP contribution in [0.5, 0.6) is 0 Å². The largest absolute Gasteiger partial charge is 0.378 e. The molecular formula is C13H27NO. The summed E-state index contributed by atoms with van der Waals surface area (Å²) in [6.07, 6.45) is 9.49. The smallest absolute Gasteiger partial charge is 0.0576 e. The Morgan fingerprint density at radius 3 is 2.67 bits per heavy atom. The van der Waals surface area contributed by atoms with Gasteiger partial charge >= 0.3 is 0 Å². The Morgan fingerprint density at radius 1 is 1.27 bits per heavy atom. The molecule has 0 aromatic rings. The number of unbranched alkanes of at least 4 members (excludes halogenated alkanes) is 2. The quantitative estimate of drug-likeness (QED) is 0.660. The maximum absolute atomic E-state index is 6.00. The van der Waals surface area contributed by atoms with E-state index in [-0.39, 0.29) is 0 Å². The normalized spacial score (nSPS) is 23.6. The topological polar surface area (TPSA) is 35.2 Å². The van der Waals surface area contributed by atoms with E-state index in [2.05, 4.69) is 13.8 Å². The van der Waals surface area contributed by atoms with E-state index >= 15 is 0 Å². The highest BCUT2D eigenvalue weighted by molar-refractivity contribution is 4.67. The first kappa shape index (κ1) is 13.0. The zero-order chi connectivity index (χ0) is 11.1. The second-order valence-corrected chi connectivity index (χ2v) is 5.18. The minimum absolute atomic E-state index is 0.396. The second kappa shape index (κ2) is 7.24. The third-order valence-corrected chi connectivity index (χ3v) is 3.44. The van der Waals surface area contributed by atoms with Crippen LogP contribution in [0.3, 0.4) is 0 Å². The van der Waals surface area contributed by atoms with Crippen molar-refractivity contribution in [3.63, 3.8) is 0 Å². The molecule has 0 aliphatic carbocycles. The van der Waals surface area contributed by atoms with E-state index in [4.69, 9.17) is 10.5 Å². The highest BCUT2D eigenvalue weighted by Crippen LogP contribution is 2.19. The van der Waals surface area contributed by atoms with Gasteiger partial charge in [-0.1, -0.05) is 33.1 Å². The van der Waals surface area contributed by atoms with Gasteiger partial charge in [0.1, 0.15) is 0 Å². The van der Waals surface area contributed by atoms with Crippen LogP contribution in [0.2, 0.25) is 0 Å². The van der Waals surface area contributed by atoms with Gasteiger partial charge in [-0.15, -0.1) is 0 Å². The molecule has 2 N–H and O–H groups in total. The second-order valence-electron chi connectivity index (χ2n) is 5.18. The van der Waals surface area contributed by atoms with E-state index in [9.17, 15) is 0 Å². The van der Waals surface area contributed by atoms with Crippen LogP contribution in [-0.4, -0.2) is 18.8 Å². The average Bonchev–Trinajstić information content (AvgIpc) is 2.69. The van der Waals surface area contributed by atoms with Crippen LogP contribution in [0.4, 0.5) is 0 Å². The van der Waals surface area contributed by atoms with Crippen molar-refractivity contribution in [1.29, 1.82) is 0 Å². The Balaban J connectivity index is 1.88. The van der Waals surface area contributed by atoms with Gasteiger partial charge in [-0.25, -0.2) is 0 Å². The predicted octanol–water partition coefficient (Wildman–Crippen LogP) is 3.10. The first-order chi connectivity index (χ1) is 7.20. The zero-order valence-corrected chi connectivity index (χ0v) is 10.4. The molecule has 1 aliphatic heterocycles. The number of hydrogen-bond acceptors (Lipinski definition) is 2. The molecule has 0 saturated carbocycles. The van der Waals surface area contributed by atoms with Crippen LogP contribution in [0, 0.1) is 5.92 Å². The van der Waals surface area contributed by atoms with E-state index in [0.29, 0.717) is 18.1 Å². The molecule has 2 atom stereocenters. The van der Waals surface area contributed by atoms with Crippen molar-refractivity contribution in [3.05, 3.63) is 0 Å². The highest BCUT2D eigenvalue weighted by atomic mass is 16.5. The van der Waals surface area contributed by atoms with Crippen LogP contribution < -0.4 is 5.73 Å². The van der Waals surface area contributed by atoms with Crippen molar-refractivity contribution in [2.75, 3.05) is 6.61 Å². The van der Waals surface area contributed by atoms with Crippen molar-refractivity contribution in [3.8, 4) is 0 Å². The summed E-state index contributed by atoms with van der Waals surface area (Å²) in [5, 5.41) is 0. The van der Waals surface area contributed by atoms with Gasteiger partial charge in [-0.3, -0.25) is 0 Å². The van der Waals surface area contributed by atoms with Gasteiger partial charge in [0.15, 0.2) is 0 Å². The Morgan fingerprint density at radius 2 is 2.07 bits per heavy atom. The third kappa shape index (κ3) is 5.53. The Hall–Kier alpha value is -0.0800. The highest BCUT2D eigenvalue weighted by Gasteiger charge is 2.14. The Bertz CT molecular complexity index is 149. The summed E-state index contributed by atoms with van der Waals surface area (Å²) >= 11 is 0. The molecule has 1 saturated heterocycles. The fraction of sp³-hybridized carbons (Fsp3) is 1.00. The molecule has 90 valence electrons. The van der Waals surface area contributed by atoms with Crippen LogP contribution in [-0.2, 0) is 4.74 Å². The van der Waals surface area contributed by atoms with Gasteiger partial charge in [0.25, 0.3) is 0 Å². The van der Waals surface area contributed by atoms with Crippen molar-refractivity contribution in [1.82, 2.24) is 0 Å². The lowest BCUT2D eigenvalue weighted by atomic mass is 9.98. The Labute approximate surface area is 94.6 Å². The summed E-state index contributed by atoms with van der Waals surface area (Å²) < 4.78 is 5.59. The molecule has 2 heteroatoms. The molecule has 0 amide bonds. The summed E-state index contributed by atoms with van der Waals surface area (Å²) in [7, 11) is 0. The van der Waals surface area contributed by atoms with Gasteiger partial charge in [-0.05, 0) is 31.6 Å². The van der Waals surface area contributed by atoms with Gasteiger partial charge < -0.3 is 10.5 Å². The van der Waals surface area contributed by atoms with Crippen molar-refractivity contribution in [2.45, 2.75) is 70.9 Å². The number of ether oxygens (including phenoxy) is 1. The van der Waals surface area contributed by atoms with Crippen molar-refractivity contribution in [2.24, 2.45) is 11.7 Å². The summed E-state index contributed by atoms with van der Waals surface area (Å²) in [4.78, 5) is 0. The number of hydrogen-bond donors (Lipinski definition) is 1. The lowest BCUT2D eigenvalue weighted by molar-refractivity contribution is 0.102. The van der Waals surface area contributed by atoms with E-state index in [1.807, 2.05) is 0 Å². The molecule has 1 aliphatic rings. The van der Waals surface area contributed by atoms with Crippen molar-refractivity contribution < 1.29 is 4.74 Å². The van der Waals surface area contributed by atoms with Crippen LogP contribution in [0.15, 0.2) is 0 Å². The number of nitrogens with two attached hydrogens (primary N) is 1. The molecule has 2 unspecified atom stereocenters. The predicted molar refractivity (Wildman–Crippen MR) is 64.9 cm³/mol. The monoisotopic (exact) mass is 213 g/mol. The first-order valence-corrected chi connectivity index (χ1v) is 6.57. The Kier molecular flexibility index (Phi) is 6.26. The van der Waals surface area contributed by atoms with E-state index < -0.39 is 0 Å². The SMILES string of the molecule is CC(C)C(N)CCCCCC1CCCO1. The molecule has 0 aromatic heterocycles. The molecule has 1 rings (SSSR count). The molecular weight excluding hydrogens is 186 g/mol. The zero-order valence-electron chi connectivity index (χ0n) is 10.4. The summed E-state index contributed by atoms with van der Waals surface area (Å²) in [5.74, 6) is 0.628. The van der Waals surface area contributed by atoms with E-state index in [1.165, 1.54) is 44.9 Å². The van der Waals surface area contributed by atoms with Gasteiger partial charge in [0.05, 0.1) is 6.10 Å². The number of rotatable bonds is 7. The molecule has 15 heavy (non-hydrogen) atoms.